The summed E-state index contributed by atoms with van der Waals surface area (Å²) in [5.74, 6) is 3.20. The first-order chi connectivity index (χ1) is 20.2. The average Bonchev–Trinajstić information content (AvgIpc) is 2.99. The van der Waals surface area contributed by atoms with Gasteiger partial charge in [-0.05, 0) is 70.1 Å². The molecule has 1 nitrogen and oxygen atoms in total. The van der Waals surface area contributed by atoms with Gasteiger partial charge in [0.1, 0.15) is 5.78 Å². The van der Waals surface area contributed by atoms with E-state index >= 15 is 0 Å². The van der Waals surface area contributed by atoms with Crippen LogP contribution >= 0.6 is 0 Å². The van der Waals surface area contributed by atoms with E-state index in [4.69, 9.17) is 0 Å². The molecule has 0 bridgehead atoms. The quantitative estimate of drug-likeness (QED) is 0.122. The van der Waals surface area contributed by atoms with Crippen LogP contribution < -0.4 is 0 Å². The molecule has 2 aliphatic rings. The van der Waals surface area contributed by atoms with Crippen LogP contribution in [0.5, 0.6) is 0 Å². The summed E-state index contributed by atoms with van der Waals surface area (Å²) in [6.45, 7) is 27.1. The largest absolute Gasteiger partial charge is 0.300 e. The Labute approximate surface area is 268 Å². The van der Waals surface area contributed by atoms with Crippen molar-refractivity contribution in [2.45, 2.75) is 216 Å². The molecule has 1 unspecified atom stereocenters. The minimum Gasteiger partial charge on any atom is -0.300 e. The van der Waals surface area contributed by atoms with Crippen molar-refractivity contribution in [1.29, 1.82) is 0 Å². The highest BCUT2D eigenvalue weighted by molar-refractivity contribution is 5.75. The van der Waals surface area contributed by atoms with Crippen molar-refractivity contribution in [3.63, 3.8) is 0 Å². The number of allylic oxidation sites excluding steroid dienone is 2. The summed E-state index contributed by atoms with van der Waals surface area (Å²) in [5.41, 5.74) is 2.76. The molecule has 1 heteroatoms. The molecule has 0 saturated heterocycles. The molecule has 0 radical (unpaired) electrons. The lowest BCUT2D eigenvalue weighted by Crippen LogP contribution is -2.03. The van der Waals surface area contributed by atoms with Gasteiger partial charge < -0.3 is 4.79 Å². The van der Waals surface area contributed by atoms with Crippen molar-refractivity contribution < 1.29 is 4.79 Å². The maximum absolute atomic E-state index is 11.0. The zero-order valence-corrected chi connectivity index (χ0v) is 31.0. The summed E-state index contributed by atoms with van der Waals surface area (Å²) in [7, 11) is 0. The molecule has 0 aromatic carbocycles. The molecule has 0 aliphatic heterocycles. The fourth-order valence-electron chi connectivity index (χ4n) is 5.92. The van der Waals surface area contributed by atoms with Gasteiger partial charge in [0.2, 0.25) is 0 Å². The standard InChI is InChI=1S/C23H42O.2C7H14.2C2H6/c1-6-7-15-21(4)19-23(17-12-8-10-14-20(2)3)18-13-9-11-16-22(5)24;2*1-7-5-3-2-4-6-7;2*1-2/h23H,2,4,6-19H2,1,3,5H3;2*7H,2-6H2,1H3;2*1-2H3. The maximum atomic E-state index is 11.0. The fraction of sp³-hybridized carbons (Fsp3) is 0.878. The van der Waals surface area contributed by atoms with Gasteiger partial charge in [-0.15, -0.1) is 6.58 Å². The van der Waals surface area contributed by atoms with Crippen LogP contribution in [0.3, 0.4) is 0 Å². The van der Waals surface area contributed by atoms with Gasteiger partial charge >= 0.3 is 0 Å². The first kappa shape index (κ1) is 45.6. The predicted molar refractivity (Wildman–Crippen MR) is 196 cm³/mol. The lowest BCUT2D eigenvalue weighted by molar-refractivity contribution is -0.117. The first-order valence-electron chi connectivity index (χ1n) is 19.0. The second-order valence-corrected chi connectivity index (χ2v) is 13.3. The monoisotopic (exact) mass is 591 g/mol. The summed E-state index contributed by atoms with van der Waals surface area (Å²) >= 11 is 0. The van der Waals surface area contributed by atoms with Crippen molar-refractivity contribution >= 4 is 5.78 Å². The lowest BCUT2D eigenvalue weighted by Gasteiger charge is -2.18. The van der Waals surface area contributed by atoms with Crippen LogP contribution in [0, 0.1) is 17.8 Å². The van der Waals surface area contributed by atoms with E-state index in [2.05, 4.69) is 40.9 Å². The molecule has 252 valence electrons. The van der Waals surface area contributed by atoms with E-state index in [1.54, 1.807) is 6.92 Å². The number of hydrogen-bond donors (Lipinski definition) is 0. The van der Waals surface area contributed by atoms with Gasteiger partial charge in [-0.25, -0.2) is 0 Å². The maximum Gasteiger partial charge on any atom is 0.129 e. The third-order valence-corrected chi connectivity index (χ3v) is 8.61. The molecule has 2 saturated carbocycles. The van der Waals surface area contributed by atoms with Gasteiger partial charge in [0.15, 0.2) is 0 Å². The van der Waals surface area contributed by atoms with Gasteiger partial charge in [-0.1, -0.05) is 175 Å². The average molecular weight is 591 g/mol. The van der Waals surface area contributed by atoms with Crippen molar-refractivity contribution in [2.75, 3.05) is 0 Å². The van der Waals surface area contributed by atoms with Crippen molar-refractivity contribution in [1.82, 2.24) is 0 Å². The van der Waals surface area contributed by atoms with Crippen molar-refractivity contribution in [3.05, 3.63) is 24.3 Å². The minimum absolute atomic E-state index is 0.331. The van der Waals surface area contributed by atoms with E-state index in [-0.39, 0.29) is 0 Å². The minimum atomic E-state index is 0.331. The molecule has 0 heterocycles. The smallest absolute Gasteiger partial charge is 0.129 e. The van der Waals surface area contributed by atoms with Gasteiger partial charge in [0, 0.05) is 6.42 Å². The number of carbonyl (C=O) groups is 1. The fourth-order valence-corrected chi connectivity index (χ4v) is 5.92. The normalized spacial score (nSPS) is 15.6. The van der Waals surface area contributed by atoms with Crippen LogP contribution in [0.1, 0.15) is 216 Å². The number of hydrogen-bond acceptors (Lipinski definition) is 1. The van der Waals surface area contributed by atoms with E-state index in [0.29, 0.717) is 5.78 Å². The Morgan fingerprint density at radius 1 is 0.619 bits per heavy atom. The van der Waals surface area contributed by atoms with E-state index in [1.807, 2.05) is 27.7 Å². The van der Waals surface area contributed by atoms with Crippen molar-refractivity contribution in [3.8, 4) is 0 Å². The van der Waals surface area contributed by atoms with E-state index in [9.17, 15) is 4.79 Å². The number of Topliss-reactive ketones (excluding diaryl/α,β-unsaturated/α-hetero) is 1. The van der Waals surface area contributed by atoms with Crippen LogP contribution in [-0.4, -0.2) is 5.78 Å². The van der Waals surface area contributed by atoms with Crippen LogP contribution in [0.25, 0.3) is 0 Å². The summed E-state index contributed by atoms with van der Waals surface area (Å²) in [6.07, 6.45) is 31.9. The van der Waals surface area contributed by atoms with Crippen molar-refractivity contribution in [2.24, 2.45) is 17.8 Å². The molecule has 0 aromatic heterocycles. The van der Waals surface area contributed by atoms with Crippen LogP contribution in [0.2, 0.25) is 0 Å². The second-order valence-electron chi connectivity index (χ2n) is 13.3. The molecule has 42 heavy (non-hydrogen) atoms. The summed E-state index contributed by atoms with van der Waals surface area (Å²) in [4.78, 5) is 11.0. The summed E-state index contributed by atoms with van der Waals surface area (Å²) in [6, 6.07) is 0. The third-order valence-electron chi connectivity index (χ3n) is 8.61. The Balaban J connectivity index is -0.000000674. The topological polar surface area (TPSA) is 17.1 Å². The highest BCUT2D eigenvalue weighted by Crippen LogP contribution is 2.27. The molecule has 0 amide bonds. The Hall–Kier alpha value is -0.850. The Bertz CT molecular complexity index is 521. The molecular weight excluding hydrogens is 508 g/mol. The Morgan fingerprint density at radius 3 is 1.38 bits per heavy atom. The number of carbonyl (C=O) groups excluding carboxylic acids is 1. The van der Waals surface area contributed by atoms with Gasteiger partial charge in [-0.2, -0.15) is 0 Å². The molecule has 1 atom stereocenters. The number of ketones is 1. The number of unbranched alkanes of at least 4 members (excludes halogenated alkanes) is 5. The molecule has 0 N–H and O–H groups in total. The Morgan fingerprint density at radius 2 is 1.05 bits per heavy atom. The highest BCUT2D eigenvalue weighted by Gasteiger charge is 2.11. The lowest BCUT2D eigenvalue weighted by atomic mass is 9.87. The summed E-state index contributed by atoms with van der Waals surface area (Å²) in [5, 5.41) is 0. The van der Waals surface area contributed by atoms with E-state index < -0.39 is 0 Å². The molecule has 0 spiro atoms. The summed E-state index contributed by atoms with van der Waals surface area (Å²) < 4.78 is 0. The zero-order valence-electron chi connectivity index (χ0n) is 31.0. The Kier molecular flexibility index (Phi) is 39.4. The molecule has 2 fully saturated rings. The van der Waals surface area contributed by atoms with Crippen LogP contribution in [0.4, 0.5) is 0 Å². The SMILES string of the molecule is C=C(C)CCCCCC(CCCCCC(C)=O)CC(=C)CCCC.CC.CC.CC1CCCCC1.CC1CCCCC1. The molecule has 0 aromatic rings. The van der Waals surface area contributed by atoms with E-state index in [0.717, 1.165) is 30.6 Å². The van der Waals surface area contributed by atoms with Crippen LogP contribution in [0.15, 0.2) is 24.3 Å². The number of rotatable bonds is 17. The zero-order chi connectivity index (χ0) is 32.4. The highest BCUT2D eigenvalue weighted by atomic mass is 16.1. The third kappa shape index (κ3) is 37.2. The second kappa shape index (κ2) is 36.3. The first-order valence-corrected chi connectivity index (χ1v) is 19.0. The van der Waals surface area contributed by atoms with E-state index in [1.165, 1.54) is 152 Å². The van der Waals surface area contributed by atoms with Gasteiger partial charge in [-0.3, -0.25) is 0 Å². The molecule has 2 aliphatic carbocycles. The molecular formula is C41H82O. The van der Waals surface area contributed by atoms with Crippen LogP contribution in [-0.2, 0) is 4.79 Å². The predicted octanol–water partition coefficient (Wildman–Crippen LogP) is 15.0. The molecule has 2 rings (SSSR count). The van der Waals surface area contributed by atoms with Gasteiger partial charge in [0.25, 0.3) is 0 Å². The van der Waals surface area contributed by atoms with Gasteiger partial charge in [0.05, 0.1) is 0 Å².